The van der Waals surface area contributed by atoms with E-state index in [-0.39, 0.29) is 0 Å². The topological polar surface area (TPSA) is 28.1 Å². The van der Waals surface area contributed by atoms with Crippen LogP contribution >= 0.6 is 11.6 Å². The maximum Gasteiger partial charge on any atom is 0.153 e. The molecular weight excluding hydrogens is 358 g/mol. The van der Waals surface area contributed by atoms with Crippen LogP contribution in [0.1, 0.15) is 25.3 Å². The number of amidine groups is 1. The molecule has 2 aromatic carbocycles. The lowest BCUT2D eigenvalue weighted by atomic mass is 10.1. The Morgan fingerprint density at radius 2 is 1.96 bits per heavy atom. The number of hydrogen-bond acceptors (Lipinski definition) is 4. The van der Waals surface area contributed by atoms with Crippen molar-refractivity contribution in [1.29, 1.82) is 0 Å². The Balaban J connectivity index is 1.49. The van der Waals surface area contributed by atoms with Gasteiger partial charge in [0.2, 0.25) is 0 Å². The molecule has 0 aromatic heterocycles. The normalized spacial score (nSPS) is 22.4. The van der Waals surface area contributed by atoms with E-state index in [9.17, 15) is 0 Å². The van der Waals surface area contributed by atoms with E-state index in [1.54, 1.807) is 0 Å². The van der Waals surface area contributed by atoms with Gasteiger partial charge in [0.05, 0.1) is 5.56 Å². The van der Waals surface area contributed by atoms with Crippen LogP contribution < -0.4 is 4.74 Å². The first kappa shape index (κ1) is 17.1. The van der Waals surface area contributed by atoms with Crippen LogP contribution in [-0.2, 0) is 0 Å². The summed E-state index contributed by atoms with van der Waals surface area (Å²) in [7, 11) is 0. The second kappa shape index (κ2) is 6.84. The average molecular weight is 382 g/mol. The standard InChI is InChI=1S/C22H24ClN3O/c1-15-13-26(11-10-25(15)14-16-6-7-16)22-18-4-2-3-5-20(18)27-21-9-8-17(23)12-19(21)24-22/h2-5,8-9,12,15-16H,6-7,10-11,13-14H2,1H3. The summed E-state index contributed by atoms with van der Waals surface area (Å²) in [6, 6.07) is 14.3. The summed E-state index contributed by atoms with van der Waals surface area (Å²) < 4.78 is 6.18. The molecule has 1 unspecified atom stereocenters. The number of benzene rings is 2. The predicted molar refractivity (Wildman–Crippen MR) is 109 cm³/mol. The molecule has 1 aliphatic carbocycles. The highest BCUT2D eigenvalue weighted by atomic mass is 35.5. The van der Waals surface area contributed by atoms with Crippen molar-refractivity contribution in [2.45, 2.75) is 25.8 Å². The van der Waals surface area contributed by atoms with Gasteiger partial charge in [0.1, 0.15) is 17.3 Å². The summed E-state index contributed by atoms with van der Waals surface area (Å²) in [6.07, 6.45) is 2.81. The molecule has 1 atom stereocenters. The Kier molecular flexibility index (Phi) is 4.33. The van der Waals surface area contributed by atoms with Gasteiger partial charge in [0.25, 0.3) is 0 Å². The Morgan fingerprint density at radius 1 is 1.11 bits per heavy atom. The zero-order valence-electron chi connectivity index (χ0n) is 15.6. The van der Waals surface area contributed by atoms with Crippen molar-refractivity contribution >= 4 is 23.1 Å². The zero-order valence-corrected chi connectivity index (χ0v) is 16.3. The fourth-order valence-corrected chi connectivity index (χ4v) is 4.20. The van der Waals surface area contributed by atoms with Crippen LogP contribution in [0.3, 0.4) is 0 Å². The number of aliphatic imine (C=N–C) groups is 1. The van der Waals surface area contributed by atoms with Gasteiger partial charge in [-0.15, -0.1) is 0 Å². The summed E-state index contributed by atoms with van der Waals surface area (Å²) in [5.41, 5.74) is 1.84. The van der Waals surface area contributed by atoms with Crippen molar-refractivity contribution in [2.75, 3.05) is 26.2 Å². The third-order valence-corrected chi connectivity index (χ3v) is 5.98. The van der Waals surface area contributed by atoms with Crippen LogP contribution in [0.15, 0.2) is 47.5 Å². The molecule has 5 rings (SSSR count). The number of piperazine rings is 1. The van der Waals surface area contributed by atoms with E-state index < -0.39 is 0 Å². The number of hydrogen-bond donors (Lipinski definition) is 0. The minimum Gasteiger partial charge on any atom is -0.454 e. The Hall–Kier alpha value is -2.04. The first-order valence-electron chi connectivity index (χ1n) is 9.82. The molecule has 0 spiro atoms. The summed E-state index contributed by atoms with van der Waals surface area (Å²) >= 11 is 6.23. The first-order chi connectivity index (χ1) is 13.2. The lowest BCUT2D eigenvalue weighted by Gasteiger charge is -2.41. The lowest BCUT2D eigenvalue weighted by molar-refractivity contribution is 0.118. The second-order valence-corrected chi connectivity index (χ2v) is 8.32. The molecule has 2 aliphatic heterocycles. The minimum atomic E-state index is 0.525. The Bertz CT molecular complexity index is 893. The van der Waals surface area contributed by atoms with Crippen LogP contribution in [0, 0.1) is 5.92 Å². The van der Waals surface area contributed by atoms with Gasteiger partial charge in [0, 0.05) is 37.2 Å². The van der Waals surface area contributed by atoms with Gasteiger partial charge in [-0.25, -0.2) is 4.99 Å². The summed E-state index contributed by atoms with van der Waals surface area (Å²) in [5.74, 6) is 3.52. The van der Waals surface area contributed by atoms with E-state index in [1.165, 1.54) is 19.4 Å². The molecule has 1 saturated heterocycles. The Morgan fingerprint density at radius 3 is 2.78 bits per heavy atom. The average Bonchev–Trinajstić information content (AvgIpc) is 3.49. The van der Waals surface area contributed by atoms with Crippen LogP contribution in [0.5, 0.6) is 11.5 Å². The van der Waals surface area contributed by atoms with Gasteiger partial charge in [-0.3, -0.25) is 4.90 Å². The van der Waals surface area contributed by atoms with E-state index in [1.807, 2.05) is 36.4 Å². The van der Waals surface area contributed by atoms with Crippen LogP contribution in [0.25, 0.3) is 0 Å². The van der Waals surface area contributed by atoms with E-state index in [0.717, 1.165) is 54.1 Å². The fraction of sp³-hybridized carbons (Fsp3) is 0.409. The first-order valence-corrected chi connectivity index (χ1v) is 10.2. The third kappa shape index (κ3) is 3.44. The number of halogens is 1. The lowest BCUT2D eigenvalue weighted by Crippen LogP contribution is -2.54. The number of rotatable bonds is 2. The van der Waals surface area contributed by atoms with E-state index >= 15 is 0 Å². The molecule has 0 N–H and O–H groups in total. The maximum absolute atomic E-state index is 6.23. The van der Waals surface area contributed by atoms with E-state index in [2.05, 4.69) is 22.8 Å². The minimum absolute atomic E-state index is 0.525. The van der Waals surface area contributed by atoms with Crippen molar-refractivity contribution in [1.82, 2.24) is 9.80 Å². The van der Waals surface area contributed by atoms with Crippen molar-refractivity contribution in [3.05, 3.63) is 53.1 Å². The molecule has 0 bridgehead atoms. The van der Waals surface area contributed by atoms with Gasteiger partial charge in [-0.2, -0.15) is 0 Å². The second-order valence-electron chi connectivity index (χ2n) is 7.88. The Labute approximate surface area is 165 Å². The number of fused-ring (bicyclic) bond motifs is 2. The van der Waals surface area contributed by atoms with E-state index in [0.29, 0.717) is 11.1 Å². The van der Waals surface area contributed by atoms with Gasteiger partial charge >= 0.3 is 0 Å². The van der Waals surface area contributed by atoms with Crippen molar-refractivity contribution < 1.29 is 4.74 Å². The van der Waals surface area contributed by atoms with Crippen LogP contribution in [0.4, 0.5) is 5.69 Å². The maximum atomic E-state index is 6.23. The molecule has 4 nitrogen and oxygen atoms in total. The zero-order chi connectivity index (χ0) is 18.4. The SMILES string of the molecule is CC1CN(C2=Nc3cc(Cl)ccc3Oc3ccccc32)CCN1CC1CC1. The summed E-state index contributed by atoms with van der Waals surface area (Å²) in [5, 5.41) is 0.675. The predicted octanol–water partition coefficient (Wildman–Crippen LogP) is 4.94. The highest BCUT2D eigenvalue weighted by Crippen LogP contribution is 2.40. The molecule has 3 aliphatic rings. The molecule has 2 aromatic rings. The largest absolute Gasteiger partial charge is 0.454 e. The highest BCUT2D eigenvalue weighted by molar-refractivity contribution is 6.31. The quantitative estimate of drug-likeness (QED) is 0.737. The van der Waals surface area contributed by atoms with Gasteiger partial charge < -0.3 is 9.64 Å². The molecule has 140 valence electrons. The third-order valence-electron chi connectivity index (χ3n) is 5.75. The molecule has 2 fully saturated rings. The van der Waals surface area contributed by atoms with Gasteiger partial charge in [0.15, 0.2) is 5.75 Å². The summed E-state index contributed by atoms with van der Waals surface area (Å²) in [6.45, 7) is 6.64. The number of para-hydroxylation sites is 1. The van der Waals surface area contributed by atoms with Crippen molar-refractivity contribution in [3.63, 3.8) is 0 Å². The highest BCUT2D eigenvalue weighted by Gasteiger charge is 2.32. The van der Waals surface area contributed by atoms with Gasteiger partial charge in [-0.1, -0.05) is 23.7 Å². The molecule has 5 heteroatoms. The molecule has 0 amide bonds. The van der Waals surface area contributed by atoms with Crippen LogP contribution in [-0.4, -0.2) is 47.9 Å². The molecule has 27 heavy (non-hydrogen) atoms. The summed E-state index contributed by atoms with van der Waals surface area (Å²) in [4.78, 5) is 10.1. The van der Waals surface area contributed by atoms with Crippen LogP contribution in [0.2, 0.25) is 5.02 Å². The van der Waals surface area contributed by atoms with Crippen molar-refractivity contribution in [2.24, 2.45) is 10.9 Å². The number of ether oxygens (including phenoxy) is 1. The molecule has 0 radical (unpaired) electrons. The monoisotopic (exact) mass is 381 g/mol. The molecule has 1 saturated carbocycles. The van der Waals surface area contributed by atoms with Gasteiger partial charge in [-0.05, 0) is 56.0 Å². The molecular formula is C22H24ClN3O. The smallest absolute Gasteiger partial charge is 0.153 e. The van der Waals surface area contributed by atoms with E-state index in [4.69, 9.17) is 21.3 Å². The van der Waals surface area contributed by atoms with Crippen molar-refractivity contribution in [3.8, 4) is 11.5 Å². The fourth-order valence-electron chi connectivity index (χ4n) is 4.03. The molecule has 2 heterocycles. The number of nitrogens with zero attached hydrogens (tertiary/aromatic N) is 3.